The van der Waals surface area contributed by atoms with Crippen LogP contribution < -0.4 is 4.18 Å². The average molecular weight is 556 g/mol. The molecule has 1 N–H and O–H groups in total. The molecule has 0 unspecified atom stereocenters. The van der Waals surface area contributed by atoms with Gasteiger partial charge in [0.25, 0.3) is 10.1 Å². The Labute approximate surface area is 212 Å². The van der Waals surface area contributed by atoms with Gasteiger partial charge in [0.1, 0.15) is 6.07 Å². The fraction of sp³-hybridized carbons (Fsp3) is 0.708. The fourth-order valence-electron chi connectivity index (χ4n) is 4.30. The first-order valence-corrected chi connectivity index (χ1v) is 15.4. The zero-order valence-corrected chi connectivity index (χ0v) is 22.4. The van der Waals surface area contributed by atoms with Crippen molar-refractivity contribution in [3.8, 4) is 11.8 Å². The zero-order valence-electron chi connectivity index (χ0n) is 20.8. The van der Waals surface area contributed by atoms with E-state index >= 15 is 0 Å². The molecule has 1 saturated carbocycles. The van der Waals surface area contributed by atoms with Gasteiger partial charge in [-0.3, -0.25) is 4.55 Å². The van der Waals surface area contributed by atoms with Crippen LogP contribution in [0, 0.1) is 17.2 Å². The standard InChI is InChI=1S/C23H32F3NO3S.CH4O3S/c1-2-3-4-5-6-7-8-9-18-10-12-19(13-11-18)20-14-15-22(21(16-20)17-27)30-31(28,29)23(24,25)26;1-5(2,3)4/h14-16,18-19H,2-13H2,1H3;1H3,(H,2,3,4). The quantitative estimate of drug-likeness (QED) is 0.139. The minimum atomic E-state index is -5.80. The molecule has 12 heteroatoms. The molecule has 0 aromatic heterocycles. The van der Waals surface area contributed by atoms with Crippen LogP contribution in [0.3, 0.4) is 0 Å². The van der Waals surface area contributed by atoms with Gasteiger partial charge in [-0.25, -0.2) is 0 Å². The molecule has 1 aliphatic carbocycles. The fourth-order valence-corrected chi connectivity index (χ4v) is 4.78. The Morgan fingerprint density at radius 3 is 2.03 bits per heavy atom. The maximum Gasteiger partial charge on any atom is 0.534 e. The number of alkyl halides is 3. The minimum absolute atomic E-state index is 0.199. The van der Waals surface area contributed by atoms with Crippen LogP contribution in [0.5, 0.6) is 5.75 Å². The SMILES string of the molecule is CCCCCCCCCC1CCC(c2ccc(OS(=O)(=O)C(F)(F)F)c(C#N)c2)CC1.CS(=O)(=O)O. The molecule has 0 aliphatic heterocycles. The molecule has 0 saturated heterocycles. The summed E-state index contributed by atoms with van der Waals surface area (Å²) in [6, 6.07) is 5.94. The van der Waals surface area contributed by atoms with Gasteiger partial charge in [-0.1, -0.05) is 64.4 Å². The van der Waals surface area contributed by atoms with Crippen LogP contribution >= 0.6 is 0 Å². The topological polar surface area (TPSA) is 122 Å². The molecule has 36 heavy (non-hydrogen) atoms. The zero-order chi connectivity index (χ0) is 27.4. The third-order valence-corrected chi connectivity index (χ3v) is 7.11. The molecule has 1 aliphatic rings. The van der Waals surface area contributed by atoms with Crippen molar-refractivity contribution in [2.45, 2.75) is 95.4 Å². The van der Waals surface area contributed by atoms with E-state index in [-0.39, 0.29) is 11.5 Å². The Bertz CT molecular complexity index is 1050. The van der Waals surface area contributed by atoms with Crippen molar-refractivity contribution >= 4 is 20.2 Å². The van der Waals surface area contributed by atoms with Crippen molar-refractivity contribution in [2.24, 2.45) is 5.92 Å². The van der Waals surface area contributed by atoms with E-state index in [1.807, 2.05) is 0 Å². The van der Waals surface area contributed by atoms with Crippen molar-refractivity contribution in [3.63, 3.8) is 0 Å². The second-order valence-electron chi connectivity index (χ2n) is 9.21. The summed E-state index contributed by atoms with van der Waals surface area (Å²) >= 11 is 0. The number of rotatable bonds is 11. The van der Waals surface area contributed by atoms with Crippen LogP contribution in [-0.4, -0.2) is 33.2 Å². The number of unbranched alkanes of at least 4 members (excludes halogenated alkanes) is 6. The number of benzene rings is 1. The van der Waals surface area contributed by atoms with Gasteiger partial charge in [-0.05, 0) is 55.2 Å². The predicted octanol–water partition coefficient (Wildman–Crippen LogP) is 6.71. The Hall–Kier alpha value is -1.84. The third-order valence-electron chi connectivity index (χ3n) is 6.14. The van der Waals surface area contributed by atoms with E-state index < -0.39 is 31.5 Å². The molecule has 0 spiro atoms. The van der Waals surface area contributed by atoms with Gasteiger partial charge in [0.05, 0.1) is 11.8 Å². The van der Waals surface area contributed by atoms with Crippen molar-refractivity contribution < 1.29 is 38.7 Å². The average Bonchev–Trinajstić information content (AvgIpc) is 2.77. The molecule has 7 nitrogen and oxygen atoms in total. The van der Waals surface area contributed by atoms with Gasteiger partial charge < -0.3 is 4.18 Å². The highest BCUT2D eigenvalue weighted by molar-refractivity contribution is 7.88. The first-order valence-electron chi connectivity index (χ1n) is 12.1. The second-order valence-corrected chi connectivity index (χ2v) is 12.2. The van der Waals surface area contributed by atoms with Crippen LogP contribution in [0.2, 0.25) is 0 Å². The van der Waals surface area contributed by atoms with E-state index in [2.05, 4.69) is 11.1 Å². The number of nitrogens with zero attached hydrogens (tertiary/aromatic N) is 1. The van der Waals surface area contributed by atoms with Gasteiger partial charge >= 0.3 is 15.6 Å². The van der Waals surface area contributed by atoms with E-state index in [0.29, 0.717) is 12.2 Å². The third kappa shape index (κ3) is 12.4. The molecule has 0 heterocycles. The summed E-state index contributed by atoms with van der Waals surface area (Å²) in [5, 5.41) is 9.27. The highest BCUT2D eigenvalue weighted by atomic mass is 32.2. The molecule has 1 aromatic carbocycles. The summed E-state index contributed by atoms with van der Waals surface area (Å²) in [4.78, 5) is 0. The Kier molecular flexibility index (Phi) is 13.2. The van der Waals surface area contributed by atoms with Gasteiger partial charge in [0.15, 0.2) is 5.75 Å². The number of hydrogen-bond acceptors (Lipinski definition) is 6. The number of hydrogen-bond donors (Lipinski definition) is 1. The lowest BCUT2D eigenvalue weighted by Crippen LogP contribution is -2.28. The van der Waals surface area contributed by atoms with E-state index in [1.165, 1.54) is 57.4 Å². The van der Waals surface area contributed by atoms with Gasteiger partial charge in [0, 0.05) is 0 Å². The molecule has 0 radical (unpaired) electrons. The second kappa shape index (κ2) is 14.8. The molecule has 0 bridgehead atoms. The maximum atomic E-state index is 12.5. The summed E-state index contributed by atoms with van der Waals surface area (Å²) in [6.45, 7) is 2.22. The largest absolute Gasteiger partial charge is 0.534 e. The van der Waals surface area contributed by atoms with Gasteiger partial charge in [-0.15, -0.1) is 0 Å². The van der Waals surface area contributed by atoms with E-state index in [0.717, 1.165) is 37.3 Å². The molecule has 1 aromatic rings. The van der Waals surface area contributed by atoms with E-state index in [4.69, 9.17) is 4.55 Å². The molecule has 2 rings (SSSR count). The van der Waals surface area contributed by atoms with Crippen LogP contribution in [0.25, 0.3) is 0 Å². The molecule has 1 fully saturated rings. The molecule has 0 amide bonds. The lowest BCUT2D eigenvalue weighted by Gasteiger charge is -2.29. The smallest absolute Gasteiger partial charge is 0.375 e. The molecular weight excluding hydrogens is 519 g/mol. The van der Waals surface area contributed by atoms with Crippen molar-refractivity contribution in [1.82, 2.24) is 0 Å². The van der Waals surface area contributed by atoms with Crippen LogP contribution in [0.4, 0.5) is 13.2 Å². The Morgan fingerprint density at radius 2 is 1.53 bits per heavy atom. The maximum absolute atomic E-state index is 12.5. The first kappa shape index (κ1) is 32.2. The Morgan fingerprint density at radius 1 is 1.00 bits per heavy atom. The summed E-state index contributed by atoms with van der Waals surface area (Å²) < 4.78 is 90.1. The monoisotopic (exact) mass is 555 g/mol. The normalized spacial score (nSPS) is 18.6. The van der Waals surface area contributed by atoms with Crippen LogP contribution in [-0.2, 0) is 20.2 Å². The number of nitriles is 1. The summed E-state index contributed by atoms with van der Waals surface area (Å²) in [7, 11) is -9.46. The van der Waals surface area contributed by atoms with Crippen LogP contribution in [0.1, 0.15) is 101 Å². The lowest BCUT2D eigenvalue weighted by atomic mass is 9.77. The predicted molar refractivity (Wildman–Crippen MR) is 132 cm³/mol. The van der Waals surface area contributed by atoms with E-state index in [1.54, 1.807) is 12.1 Å². The van der Waals surface area contributed by atoms with E-state index in [9.17, 15) is 35.3 Å². The molecular formula is C24H36F3NO6S2. The van der Waals surface area contributed by atoms with Crippen molar-refractivity contribution in [2.75, 3.05) is 6.26 Å². The summed E-state index contributed by atoms with van der Waals surface area (Å²) in [5.74, 6) is 0.351. The summed E-state index contributed by atoms with van der Waals surface area (Å²) in [5.41, 5.74) is -4.88. The number of halogens is 3. The lowest BCUT2D eigenvalue weighted by molar-refractivity contribution is -0.0500. The highest BCUT2D eigenvalue weighted by Gasteiger charge is 2.48. The summed E-state index contributed by atoms with van der Waals surface area (Å²) in [6.07, 6.45) is 15.2. The van der Waals surface area contributed by atoms with Gasteiger partial charge in [-0.2, -0.15) is 35.3 Å². The molecule has 206 valence electrons. The van der Waals surface area contributed by atoms with Crippen molar-refractivity contribution in [3.05, 3.63) is 29.3 Å². The first-order chi connectivity index (χ1) is 16.7. The molecule has 0 atom stereocenters. The van der Waals surface area contributed by atoms with Gasteiger partial charge in [0.2, 0.25) is 0 Å². The minimum Gasteiger partial charge on any atom is -0.375 e. The Balaban J connectivity index is 0.00000118. The highest BCUT2D eigenvalue weighted by Crippen LogP contribution is 2.39. The van der Waals surface area contributed by atoms with Crippen molar-refractivity contribution in [1.29, 1.82) is 5.26 Å². The van der Waals surface area contributed by atoms with Crippen LogP contribution in [0.15, 0.2) is 18.2 Å².